The first-order chi connectivity index (χ1) is 13.5. The van der Waals surface area contributed by atoms with Crippen LogP contribution >= 0.6 is 0 Å². The van der Waals surface area contributed by atoms with Gasteiger partial charge in [-0.05, 0) is 26.0 Å². The lowest BCUT2D eigenvalue weighted by molar-refractivity contribution is -0.122. The van der Waals surface area contributed by atoms with Crippen LogP contribution in [-0.4, -0.2) is 70.7 Å². The number of aromatic nitrogens is 2. The van der Waals surface area contributed by atoms with E-state index in [1.165, 1.54) is 6.07 Å². The Morgan fingerprint density at radius 1 is 1.11 bits per heavy atom. The molecule has 8 nitrogen and oxygen atoms in total. The van der Waals surface area contributed by atoms with Crippen LogP contribution in [0.4, 0.5) is 0 Å². The first-order valence-corrected chi connectivity index (χ1v) is 9.44. The SMILES string of the molecule is CCNC(=O)CN1CCN(C(=O)c2nn(-c3ccccc3)c(C)cc2=O)CC1. The molecule has 1 aromatic carbocycles. The molecule has 1 N–H and O–H groups in total. The maximum absolute atomic E-state index is 12.9. The van der Waals surface area contributed by atoms with Gasteiger partial charge in [0.1, 0.15) is 0 Å². The molecule has 0 saturated carbocycles. The van der Waals surface area contributed by atoms with Crippen molar-refractivity contribution in [3.05, 3.63) is 58.0 Å². The topological polar surface area (TPSA) is 87.5 Å². The Morgan fingerprint density at radius 2 is 1.79 bits per heavy atom. The predicted octanol–water partition coefficient (Wildman–Crippen LogP) is 0.435. The van der Waals surface area contributed by atoms with Crippen molar-refractivity contribution in [1.29, 1.82) is 0 Å². The van der Waals surface area contributed by atoms with E-state index < -0.39 is 0 Å². The lowest BCUT2D eigenvalue weighted by atomic mass is 10.2. The zero-order chi connectivity index (χ0) is 20.1. The van der Waals surface area contributed by atoms with E-state index in [0.29, 0.717) is 45.0 Å². The van der Waals surface area contributed by atoms with Gasteiger partial charge in [0.25, 0.3) is 5.91 Å². The Hall–Kier alpha value is -3.00. The van der Waals surface area contributed by atoms with Gasteiger partial charge >= 0.3 is 0 Å². The summed E-state index contributed by atoms with van der Waals surface area (Å²) in [5.74, 6) is -0.388. The van der Waals surface area contributed by atoms with Crippen LogP contribution in [0.1, 0.15) is 23.1 Å². The quantitative estimate of drug-likeness (QED) is 0.809. The number of rotatable bonds is 5. The summed E-state index contributed by atoms with van der Waals surface area (Å²) >= 11 is 0. The van der Waals surface area contributed by atoms with Gasteiger partial charge in [0.05, 0.1) is 12.2 Å². The molecule has 0 unspecified atom stereocenters. The molecule has 0 atom stereocenters. The summed E-state index contributed by atoms with van der Waals surface area (Å²) < 4.78 is 1.61. The van der Waals surface area contributed by atoms with E-state index in [0.717, 1.165) is 5.69 Å². The maximum atomic E-state index is 12.9. The minimum Gasteiger partial charge on any atom is -0.355 e. The second kappa shape index (κ2) is 8.79. The summed E-state index contributed by atoms with van der Waals surface area (Å²) in [7, 11) is 0. The monoisotopic (exact) mass is 383 g/mol. The van der Waals surface area contributed by atoms with Gasteiger partial charge in [0.15, 0.2) is 5.69 Å². The molecule has 28 heavy (non-hydrogen) atoms. The smallest absolute Gasteiger partial charge is 0.278 e. The van der Waals surface area contributed by atoms with Gasteiger partial charge in [-0.25, -0.2) is 4.68 Å². The van der Waals surface area contributed by atoms with Gasteiger partial charge in [-0.2, -0.15) is 5.10 Å². The number of para-hydroxylation sites is 1. The molecule has 0 bridgehead atoms. The standard InChI is InChI=1S/C20H25N5O3/c1-3-21-18(27)14-23-9-11-24(12-10-23)20(28)19-17(26)13-15(2)25(22-19)16-7-5-4-6-8-16/h4-8,13H,3,9-12,14H2,1-2H3,(H,21,27). The van der Waals surface area contributed by atoms with Gasteiger partial charge in [-0.3, -0.25) is 19.3 Å². The second-order valence-electron chi connectivity index (χ2n) is 6.77. The van der Waals surface area contributed by atoms with Gasteiger partial charge < -0.3 is 10.2 Å². The van der Waals surface area contributed by atoms with Crippen molar-refractivity contribution >= 4 is 11.8 Å². The Morgan fingerprint density at radius 3 is 2.43 bits per heavy atom. The third kappa shape index (κ3) is 4.45. The molecule has 0 radical (unpaired) electrons. The first kappa shape index (κ1) is 19.8. The number of nitrogens with zero attached hydrogens (tertiary/aromatic N) is 4. The number of aryl methyl sites for hydroxylation is 1. The van der Waals surface area contributed by atoms with Crippen molar-refractivity contribution < 1.29 is 9.59 Å². The fourth-order valence-corrected chi connectivity index (χ4v) is 3.24. The molecular formula is C20H25N5O3. The predicted molar refractivity (Wildman–Crippen MR) is 106 cm³/mol. The molecule has 2 amide bonds. The Bertz CT molecular complexity index is 902. The Labute approximate surface area is 163 Å². The van der Waals surface area contributed by atoms with E-state index in [4.69, 9.17) is 0 Å². The number of piperazine rings is 1. The molecule has 1 saturated heterocycles. The Balaban J connectivity index is 1.73. The van der Waals surface area contributed by atoms with Crippen LogP contribution in [0.2, 0.25) is 0 Å². The largest absolute Gasteiger partial charge is 0.355 e. The number of hydrogen-bond donors (Lipinski definition) is 1. The lowest BCUT2D eigenvalue weighted by Gasteiger charge is -2.34. The molecule has 1 aliphatic heterocycles. The van der Waals surface area contributed by atoms with Gasteiger partial charge in [-0.1, -0.05) is 18.2 Å². The number of likely N-dealkylation sites (N-methyl/N-ethyl adjacent to an activating group) is 1. The number of hydrogen-bond acceptors (Lipinski definition) is 5. The minimum atomic E-state index is -0.376. The van der Waals surface area contributed by atoms with Crippen molar-refractivity contribution in [2.75, 3.05) is 39.3 Å². The molecule has 8 heteroatoms. The number of benzene rings is 1. The van der Waals surface area contributed by atoms with Crippen molar-refractivity contribution in [2.45, 2.75) is 13.8 Å². The number of carbonyl (C=O) groups excluding carboxylic acids is 2. The highest BCUT2D eigenvalue weighted by Crippen LogP contribution is 2.10. The number of carbonyl (C=O) groups is 2. The maximum Gasteiger partial charge on any atom is 0.278 e. The van der Waals surface area contributed by atoms with Crippen molar-refractivity contribution in [3.63, 3.8) is 0 Å². The third-order valence-corrected chi connectivity index (χ3v) is 4.71. The van der Waals surface area contributed by atoms with Crippen molar-refractivity contribution in [2.24, 2.45) is 0 Å². The summed E-state index contributed by atoms with van der Waals surface area (Å²) in [6, 6.07) is 10.8. The van der Waals surface area contributed by atoms with Crippen LogP contribution < -0.4 is 10.7 Å². The molecule has 3 rings (SSSR count). The van der Waals surface area contributed by atoms with Gasteiger partial charge in [0.2, 0.25) is 11.3 Å². The van der Waals surface area contributed by atoms with Crippen LogP contribution in [0.3, 0.4) is 0 Å². The van der Waals surface area contributed by atoms with Crippen LogP contribution in [0, 0.1) is 6.92 Å². The van der Waals surface area contributed by atoms with Gasteiger partial charge in [-0.15, -0.1) is 0 Å². The van der Waals surface area contributed by atoms with E-state index in [1.807, 2.05) is 42.2 Å². The number of nitrogens with one attached hydrogen (secondary N) is 1. The van der Waals surface area contributed by atoms with Crippen LogP contribution in [0.5, 0.6) is 0 Å². The van der Waals surface area contributed by atoms with Crippen LogP contribution in [0.15, 0.2) is 41.2 Å². The summed E-state index contributed by atoms with van der Waals surface area (Å²) in [4.78, 5) is 40.6. The number of amides is 2. The minimum absolute atomic E-state index is 0.0202. The normalized spacial score (nSPS) is 14.7. The molecule has 1 fully saturated rings. The summed E-state index contributed by atoms with van der Waals surface area (Å²) in [6.07, 6.45) is 0. The van der Waals surface area contributed by atoms with Crippen LogP contribution in [-0.2, 0) is 4.79 Å². The first-order valence-electron chi connectivity index (χ1n) is 9.44. The average Bonchev–Trinajstić information content (AvgIpc) is 2.69. The van der Waals surface area contributed by atoms with E-state index in [9.17, 15) is 14.4 Å². The highest BCUT2D eigenvalue weighted by molar-refractivity contribution is 5.92. The molecule has 0 aliphatic carbocycles. The van der Waals surface area contributed by atoms with Crippen molar-refractivity contribution in [1.82, 2.24) is 24.9 Å². The van der Waals surface area contributed by atoms with Gasteiger partial charge in [0, 0.05) is 44.5 Å². The molecule has 1 aromatic heterocycles. The van der Waals surface area contributed by atoms with Crippen molar-refractivity contribution in [3.8, 4) is 5.69 Å². The zero-order valence-corrected chi connectivity index (χ0v) is 16.2. The highest BCUT2D eigenvalue weighted by Gasteiger charge is 2.26. The average molecular weight is 383 g/mol. The highest BCUT2D eigenvalue weighted by atomic mass is 16.2. The lowest BCUT2D eigenvalue weighted by Crippen LogP contribution is -2.52. The summed E-state index contributed by atoms with van der Waals surface area (Å²) in [6.45, 7) is 6.67. The van der Waals surface area contributed by atoms with Crippen LogP contribution in [0.25, 0.3) is 5.69 Å². The fourth-order valence-electron chi connectivity index (χ4n) is 3.24. The zero-order valence-electron chi connectivity index (χ0n) is 16.2. The second-order valence-corrected chi connectivity index (χ2v) is 6.77. The van der Waals surface area contributed by atoms with E-state index >= 15 is 0 Å². The Kier molecular flexibility index (Phi) is 6.20. The summed E-state index contributed by atoms with van der Waals surface area (Å²) in [5.41, 5.74) is 1.01. The molecule has 0 spiro atoms. The molecular weight excluding hydrogens is 358 g/mol. The molecule has 148 valence electrons. The molecule has 2 aromatic rings. The van der Waals surface area contributed by atoms with E-state index in [2.05, 4.69) is 10.4 Å². The molecule has 1 aliphatic rings. The molecule has 2 heterocycles. The third-order valence-electron chi connectivity index (χ3n) is 4.71. The van der Waals surface area contributed by atoms with E-state index in [-0.39, 0.29) is 22.9 Å². The van der Waals surface area contributed by atoms with E-state index in [1.54, 1.807) is 16.5 Å². The summed E-state index contributed by atoms with van der Waals surface area (Å²) in [5, 5.41) is 7.12. The fraction of sp³-hybridized carbons (Fsp3) is 0.400.